The molecule has 0 aromatic heterocycles. The van der Waals surface area contributed by atoms with E-state index in [1.165, 1.54) is 36.7 Å². The minimum Gasteiger partial charge on any atom is -0.465 e. The van der Waals surface area contributed by atoms with Crippen LogP contribution in [-0.4, -0.2) is 45.4 Å². The standard InChI is InChI=1S/C22H28FN3O4S/c1-15-9-10-17(22(27)30-3)13-21(15)31(28,29)26(2)11-5-8-19-14-20(25-24-19)16-6-4-7-18(23)12-16/h4,6-7,9-10,12-13,19-20,24-25H,5,8,11,14H2,1-3H3. The van der Waals surface area contributed by atoms with Crippen LogP contribution >= 0.6 is 0 Å². The van der Waals surface area contributed by atoms with Crippen molar-refractivity contribution in [2.75, 3.05) is 20.7 Å². The zero-order valence-electron chi connectivity index (χ0n) is 17.9. The van der Waals surface area contributed by atoms with Crippen LogP contribution in [0.4, 0.5) is 4.39 Å². The number of aryl methyl sites for hydroxylation is 1. The highest BCUT2D eigenvalue weighted by Crippen LogP contribution is 2.25. The number of methoxy groups -OCH3 is 1. The zero-order valence-corrected chi connectivity index (χ0v) is 18.7. The number of halogens is 1. The Bertz CT molecular complexity index is 1040. The Morgan fingerprint density at radius 2 is 2.00 bits per heavy atom. The molecule has 31 heavy (non-hydrogen) atoms. The number of nitrogens with one attached hydrogen (secondary N) is 2. The number of sulfonamides is 1. The first-order valence-electron chi connectivity index (χ1n) is 10.1. The summed E-state index contributed by atoms with van der Waals surface area (Å²) in [6, 6.07) is 11.2. The van der Waals surface area contributed by atoms with E-state index in [9.17, 15) is 17.6 Å². The Hall–Kier alpha value is -2.33. The fourth-order valence-corrected chi connectivity index (χ4v) is 5.18. The average molecular weight is 450 g/mol. The number of rotatable bonds is 8. The molecule has 2 unspecified atom stereocenters. The number of hydrogen-bond acceptors (Lipinski definition) is 6. The number of hydrogen-bond donors (Lipinski definition) is 2. The van der Waals surface area contributed by atoms with Crippen LogP contribution in [0.5, 0.6) is 0 Å². The molecule has 2 atom stereocenters. The molecule has 0 saturated carbocycles. The van der Waals surface area contributed by atoms with Gasteiger partial charge in [0.1, 0.15) is 5.82 Å². The maximum atomic E-state index is 13.4. The van der Waals surface area contributed by atoms with Crippen LogP contribution in [-0.2, 0) is 14.8 Å². The molecule has 0 spiro atoms. The highest BCUT2D eigenvalue weighted by Gasteiger charge is 2.27. The van der Waals surface area contributed by atoms with Crippen LogP contribution in [0.25, 0.3) is 0 Å². The van der Waals surface area contributed by atoms with Crippen LogP contribution in [0.3, 0.4) is 0 Å². The Balaban J connectivity index is 1.57. The monoisotopic (exact) mass is 449 g/mol. The van der Waals surface area contributed by atoms with E-state index in [1.54, 1.807) is 25.1 Å². The van der Waals surface area contributed by atoms with Gasteiger partial charge in [0.25, 0.3) is 0 Å². The lowest BCUT2D eigenvalue weighted by molar-refractivity contribution is 0.0600. The van der Waals surface area contributed by atoms with E-state index in [4.69, 9.17) is 4.74 Å². The molecule has 2 aromatic rings. The molecule has 3 rings (SSSR count). The van der Waals surface area contributed by atoms with Gasteiger partial charge < -0.3 is 4.74 Å². The normalized spacial score (nSPS) is 19.0. The number of ether oxygens (including phenoxy) is 1. The van der Waals surface area contributed by atoms with Crippen molar-refractivity contribution >= 4 is 16.0 Å². The molecular formula is C22H28FN3O4S. The lowest BCUT2D eigenvalue weighted by Gasteiger charge is -2.20. The molecule has 0 amide bonds. The minimum absolute atomic E-state index is 0.0193. The van der Waals surface area contributed by atoms with Crippen molar-refractivity contribution in [1.82, 2.24) is 15.2 Å². The second-order valence-corrected chi connectivity index (χ2v) is 9.78. The molecule has 1 aliphatic heterocycles. The quantitative estimate of drug-likeness (QED) is 0.603. The Labute approximate surface area is 182 Å². The second kappa shape index (κ2) is 9.86. The largest absolute Gasteiger partial charge is 0.465 e. The number of benzene rings is 2. The van der Waals surface area contributed by atoms with Crippen molar-refractivity contribution in [3.05, 3.63) is 65.0 Å². The topological polar surface area (TPSA) is 87.7 Å². The molecule has 168 valence electrons. The van der Waals surface area contributed by atoms with Gasteiger partial charge in [-0.2, -0.15) is 0 Å². The molecule has 1 saturated heterocycles. The van der Waals surface area contributed by atoms with Gasteiger partial charge in [0.15, 0.2) is 0 Å². The lowest BCUT2D eigenvalue weighted by atomic mass is 10.00. The van der Waals surface area contributed by atoms with Crippen LogP contribution in [0.1, 0.15) is 46.8 Å². The molecule has 2 aromatic carbocycles. The summed E-state index contributed by atoms with van der Waals surface area (Å²) in [5.41, 5.74) is 8.05. The highest BCUT2D eigenvalue weighted by molar-refractivity contribution is 7.89. The second-order valence-electron chi connectivity index (χ2n) is 7.77. The first-order valence-corrected chi connectivity index (χ1v) is 11.6. The molecule has 2 N–H and O–H groups in total. The zero-order chi connectivity index (χ0) is 22.6. The molecule has 0 bridgehead atoms. The molecule has 0 aliphatic carbocycles. The van der Waals surface area contributed by atoms with Gasteiger partial charge in [-0.05, 0) is 61.6 Å². The summed E-state index contributed by atoms with van der Waals surface area (Å²) in [7, 11) is -0.946. The predicted molar refractivity (Wildman–Crippen MR) is 115 cm³/mol. The first kappa shape index (κ1) is 23.3. The van der Waals surface area contributed by atoms with Crippen molar-refractivity contribution in [3.63, 3.8) is 0 Å². The fourth-order valence-electron chi connectivity index (χ4n) is 3.72. The van der Waals surface area contributed by atoms with E-state index in [0.29, 0.717) is 18.5 Å². The minimum atomic E-state index is -3.74. The third-order valence-electron chi connectivity index (χ3n) is 5.56. The number of hydrazine groups is 1. The van der Waals surface area contributed by atoms with Crippen molar-refractivity contribution in [3.8, 4) is 0 Å². The van der Waals surface area contributed by atoms with Crippen LogP contribution in [0.2, 0.25) is 0 Å². The Kier molecular flexibility index (Phi) is 7.42. The number of carbonyl (C=O) groups excluding carboxylic acids is 1. The molecule has 1 aliphatic rings. The maximum absolute atomic E-state index is 13.4. The summed E-state index contributed by atoms with van der Waals surface area (Å²) in [5.74, 6) is -0.840. The molecule has 0 radical (unpaired) electrons. The van der Waals surface area contributed by atoms with E-state index in [0.717, 1.165) is 18.4 Å². The van der Waals surface area contributed by atoms with Crippen molar-refractivity contribution in [2.24, 2.45) is 0 Å². The summed E-state index contributed by atoms with van der Waals surface area (Å²) in [5, 5.41) is 0. The van der Waals surface area contributed by atoms with E-state index in [-0.39, 0.29) is 28.4 Å². The van der Waals surface area contributed by atoms with Gasteiger partial charge in [-0.25, -0.2) is 21.9 Å². The summed E-state index contributed by atoms with van der Waals surface area (Å²) in [4.78, 5) is 11.9. The lowest BCUT2D eigenvalue weighted by Crippen LogP contribution is -2.32. The van der Waals surface area contributed by atoms with E-state index in [2.05, 4.69) is 10.9 Å². The van der Waals surface area contributed by atoms with Crippen molar-refractivity contribution < 1.29 is 22.3 Å². The first-order chi connectivity index (χ1) is 14.7. The number of esters is 1. The third kappa shape index (κ3) is 5.48. The van der Waals surface area contributed by atoms with Crippen LogP contribution in [0, 0.1) is 12.7 Å². The Morgan fingerprint density at radius 3 is 2.71 bits per heavy atom. The van der Waals surface area contributed by atoms with Gasteiger partial charge in [-0.1, -0.05) is 18.2 Å². The number of nitrogens with zero attached hydrogens (tertiary/aromatic N) is 1. The third-order valence-corrected chi connectivity index (χ3v) is 7.55. The van der Waals surface area contributed by atoms with E-state index < -0.39 is 16.0 Å². The average Bonchev–Trinajstić information content (AvgIpc) is 3.22. The molecule has 1 fully saturated rings. The van der Waals surface area contributed by atoms with Crippen LogP contribution in [0.15, 0.2) is 47.4 Å². The summed E-state index contributed by atoms with van der Waals surface area (Å²) in [6.45, 7) is 2.04. The maximum Gasteiger partial charge on any atom is 0.337 e. The summed E-state index contributed by atoms with van der Waals surface area (Å²) in [6.07, 6.45) is 2.21. The van der Waals surface area contributed by atoms with Gasteiger partial charge in [-0.15, -0.1) is 0 Å². The fraction of sp³-hybridized carbons (Fsp3) is 0.409. The summed E-state index contributed by atoms with van der Waals surface area (Å²) >= 11 is 0. The molecule has 7 nitrogen and oxygen atoms in total. The predicted octanol–water partition coefficient (Wildman–Crippen LogP) is 2.93. The Morgan fingerprint density at radius 1 is 1.23 bits per heavy atom. The van der Waals surface area contributed by atoms with Crippen molar-refractivity contribution in [1.29, 1.82) is 0 Å². The number of carbonyl (C=O) groups is 1. The van der Waals surface area contributed by atoms with Gasteiger partial charge in [0.05, 0.1) is 17.6 Å². The van der Waals surface area contributed by atoms with Gasteiger partial charge in [-0.3, -0.25) is 10.9 Å². The molecule has 1 heterocycles. The SMILES string of the molecule is COC(=O)c1ccc(C)c(S(=O)(=O)N(C)CCCC2CC(c3cccc(F)c3)NN2)c1. The molecule has 9 heteroatoms. The van der Waals surface area contributed by atoms with Gasteiger partial charge >= 0.3 is 5.97 Å². The van der Waals surface area contributed by atoms with E-state index >= 15 is 0 Å². The van der Waals surface area contributed by atoms with Crippen LogP contribution < -0.4 is 10.9 Å². The molecular weight excluding hydrogens is 421 g/mol. The van der Waals surface area contributed by atoms with Crippen molar-refractivity contribution in [2.45, 2.75) is 43.2 Å². The van der Waals surface area contributed by atoms with Gasteiger partial charge in [0.2, 0.25) is 10.0 Å². The van der Waals surface area contributed by atoms with E-state index in [1.807, 2.05) is 6.07 Å². The smallest absolute Gasteiger partial charge is 0.337 e. The van der Waals surface area contributed by atoms with Gasteiger partial charge in [0, 0.05) is 25.7 Å². The summed E-state index contributed by atoms with van der Waals surface area (Å²) < 4.78 is 45.5. The highest BCUT2D eigenvalue weighted by atomic mass is 32.2.